The van der Waals surface area contributed by atoms with E-state index in [1.54, 1.807) is 6.92 Å². The summed E-state index contributed by atoms with van der Waals surface area (Å²) in [5.41, 5.74) is 0. The van der Waals surface area contributed by atoms with Gasteiger partial charge in [-0.15, -0.1) is 11.6 Å². The van der Waals surface area contributed by atoms with Gasteiger partial charge in [0.05, 0.1) is 6.10 Å². The molecule has 0 saturated carbocycles. The molecule has 0 aromatic heterocycles. The number of hydrogen-bond donors (Lipinski definition) is 1. The SMILES string of the molecule is COC(C)CNS(=O)(=O)N(C)CCCCl. The zero-order valence-electron chi connectivity index (χ0n) is 9.36. The van der Waals surface area contributed by atoms with Gasteiger partial charge in [0.15, 0.2) is 0 Å². The highest BCUT2D eigenvalue weighted by Gasteiger charge is 2.17. The van der Waals surface area contributed by atoms with Gasteiger partial charge >= 0.3 is 0 Å². The number of ether oxygens (including phenoxy) is 1. The van der Waals surface area contributed by atoms with E-state index in [9.17, 15) is 8.42 Å². The molecule has 0 bridgehead atoms. The summed E-state index contributed by atoms with van der Waals surface area (Å²) in [4.78, 5) is 0. The number of rotatable bonds is 8. The Morgan fingerprint density at radius 1 is 1.53 bits per heavy atom. The van der Waals surface area contributed by atoms with Crippen LogP contribution in [-0.2, 0) is 14.9 Å². The third-order valence-electron chi connectivity index (χ3n) is 1.97. The molecule has 0 aliphatic rings. The lowest BCUT2D eigenvalue weighted by Crippen LogP contribution is -2.41. The van der Waals surface area contributed by atoms with Crippen molar-refractivity contribution in [1.82, 2.24) is 9.03 Å². The standard InChI is InChI=1S/C8H19ClN2O3S/c1-8(14-3)7-10-15(12,13)11(2)6-4-5-9/h8,10H,4-7H2,1-3H3. The lowest BCUT2D eigenvalue weighted by molar-refractivity contribution is 0.121. The van der Waals surface area contributed by atoms with Crippen molar-refractivity contribution in [2.24, 2.45) is 0 Å². The molecule has 1 atom stereocenters. The molecule has 0 aromatic rings. The van der Waals surface area contributed by atoms with E-state index in [0.717, 1.165) is 0 Å². The van der Waals surface area contributed by atoms with Gasteiger partial charge in [0.1, 0.15) is 0 Å². The first kappa shape index (κ1) is 15.1. The summed E-state index contributed by atoms with van der Waals surface area (Å²) in [5, 5.41) is 0. The van der Waals surface area contributed by atoms with E-state index in [-0.39, 0.29) is 12.6 Å². The van der Waals surface area contributed by atoms with Gasteiger partial charge in [0, 0.05) is 33.1 Å². The van der Waals surface area contributed by atoms with Crippen LogP contribution in [0.15, 0.2) is 0 Å². The molecule has 0 heterocycles. The summed E-state index contributed by atoms with van der Waals surface area (Å²) in [6.07, 6.45) is 0.500. The van der Waals surface area contributed by atoms with Crippen molar-refractivity contribution in [3.8, 4) is 0 Å². The van der Waals surface area contributed by atoms with Crippen molar-refractivity contribution in [1.29, 1.82) is 0 Å². The number of hydrogen-bond acceptors (Lipinski definition) is 3. The van der Waals surface area contributed by atoms with Gasteiger partial charge in [0.2, 0.25) is 0 Å². The summed E-state index contributed by atoms with van der Waals surface area (Å²) in [6, 6.07) is 0. The Kier molecular flexibility index (Phi) is 7.46. The molecule has 0 aliphatic heterocycles. The summed E-state index contributed by atoms with van der Waals surface area (Å²) in [6.45, 7) is 2.48. The van der Waals surface area contributed by atoms with Gasteiger partial charge < -0.3 is 4.74 Å². The predicted octanol–water partition coefficient (Wildman–Crippen LogP) is 0.416. The monoisotopic (exact) mass is 258 g/mol. The highest BCUT2D eigenvalue weighted by Crippen LogP contribution is 1.97. The lowest BCUT2D eigenvalue weighted by atomic mass is 10.4. The van der Waals surface area contributed by atoms with Crippen LogP contribution in [0, 0.1) is 0 Å². The van der Waals surface area contributed by atoms with Crippen LogP contribution in [0.2, 0.25) is 0 Å². The molecule has 1 N–H and O–H groups in total. The zero-order valence-corrected chi connectivity index (χ0v) is 10.9. The Bertz CT molecular complexity index is 259. The van der Waals surface area contributed by atoms with E-state index in [1.165, 1.54) is 18.5 Å². The van der Waals surface area contributed by atoms with Gasteiger partial charge in [-0.3, -0.25) is 0 Å². The normalized spacial score (nSPS) is 14.5. The molecule has 1 unspecified atom stereocenters. The Labute approximate surface area is 96.9 Å². The fourth-order valence-corrected chi connectivity index (χ4v) is 1.97. The smallest absolute Gasteiger partial charge is 0.279 e. The molecule has 0 saturated heterocycles. The minimum atomic E-state index is -3.39. The quantitative estimate of drug-likeness (QED) is 0.642. The number of nitrogens with zero attached hydrogens (tertiary/aromatic N) is 1. The molecule has 0 amide bonds. The van der Waals surface area contributed by atoms with E-state index < -0.39 is 10.2 Å². The van der Waals surface area contributed by atoms with Gasteiger partial charge in [-0.1, -0.05) is 0 Å². The molecule has 15 heavy (non-hydrogen) atoms. The van der Waals surface area contributed by atoms with Crippen LogP contribution < -0.4 is 4.72 Å². The van der Waals surface area contributed by atoms with Gasteiger partial charge in [0.25, 0.3) is 10.2 Å². The summed E-state index contributed by atoms with van der Waals surface area (Å²) in [7, 11) is -0.335. The number of nitrogens with one attached hydrogen (secondary N) is 1. The largest absolute Gasteiger partial charge is 0.380 e. The fourth-order valence-electron chi connectivity index (χ4n) is 0.819. The molecule has 0 aliphatic carbocycles. The topological polar surface area (TPSA) is 58.6 Å². The van der Waals surface area contributed by atoms with Crippen molar-refractivity contribution in [2.45, 2.75) is 19.4 Å². The molecule has 92 valence electrons. The van der Waals surface area contributed by atoms with Crippen LogP contribution in [-0.4, -0.2) is 52.0 Å². The minimum absolute atomic E-state index is 0.138. The highest BCUT2D eigenvalue weighted by molar-refractivity contribution is 7.87. The molecule has 0 spiro atoms. The van der Waals surface area contributed by atoms with Crippen molar-refractivity contribution >= 4 is 21.8 Å². The molecular formula is C8H19ClN2O3S. The molecule has 7 heteroatoms. The Morgan fingerprint density at radius 2 is 2.13 bits per heavy atom. The fraction of sp³-hybridized carbons (Fsp3) is 1.00. The molecule has 0 fully saturated rings. The van der Waals surface area contributed by atoms with E-state index in [4.69, 9.17) is 16.3 Å². The van der Waals surface area contributed by atoms with Crippen LogP contribution in [0.1, 0.15) is 13.3 Å². The van der Waals surface area contributed by atoms with Crippen molar-refractivity contribution in [3.05, 3.63) is 0 Å². The average molecular weight is 259 g/mol. The third-order valence-corrected chi connectivity index (χ3v) is 3.77. The maximum absolute atomic E-state index is 11.6. The van der Waals surface area contributed by atoms with Crippen LogP contribution in [0.25, 0.3) is 0 Å². The van der Waals surface area contributed by atoms with Gasteiger partial charge in [-0.2, -0.15) is 17.4 Å². The van der Waals surface area contributed by atoms with E-state index in [0.29, 0.717) is 18.8 Å². The minimum Gasteiger partial charge on any atom is -0.380 e. The molecule has 0 radical (unpaired) electrons. The van der Waals surface area contributed by atoms with Crippen LogP contribution >= 0.6 is 11.6 Å². The summed E-state index contributed by atoms with van der Waals surface area (Å²) < 4.78 is 31.8. The van der Waals surface area contributed by atoms with E-state index in [2.05, 4.69) is 4.72 Å². The summed E-state index contributed by atoms with van der Waals surface area (Å²) in [5.74, 6) is 0.453. The van der Waals surface area contributed by atoms with E-state index >= 15 is 0 Å². The maximum Gasteiger partial charge on any atom is 0.279 e. The second-order valence-corrected chi connectivity index (χ2v) is 5.50. The third kappa shape index (κ3) is 6.32. The highest BCUT2D eigenvalue weighted by atomic mass is 35.5. The number of alkyl halides is 1. The second-order valence-electron chi connectivity index (χ2n) is 3.26. The van der Waals surface area contributed by atoms with Crippen LogP contribution in [0.4, 0.5) is 0 Å². The Hall–Kier alpha value is 0.120. The first-order chi connectivity index (χ1) is 6.94. The maximum atomic E-state index is 11.6. The number of methoxy groups -OCH3 is 1. The van der Waals surface area contributed by atoms with Crippen molar-refractivity contribution in [3.63, 3.8) is 0 Å². The summed E-state index contributed by atoms with van der Waals surface area (Å²) >= 11 is 5.48. The zero-order chi connectivity index (χ0) is 11.9. The Morgan fingerprint density at radius 3 is 2.60 bits per heavy atom. The van der Waals surface area contributed by atoms with Gasteiger partial charge in [-0.25, -0.2) is 0 Å². The predicted molar refractivity (Wildman–Crippen MR) is 61.4 cm³/mol. The molecule has 5 nitrogen and oxygen atoms in total. The van der Waals surface area contributed by atoms with Crippen LogP contribution in [0.3, 0.4) is 0 Å². The first-order valence-corrected chi connectivity index (χ1v) is 6.71. The first-order valence-electron chi connectivity index (χ1n) is 4.73. The molecule has 0 rings (SSSR count). The molecule has 0 aromatic carbocycles. The lowest BCUT2D eigenvalue weighted by Gasteiger charge is -2.18. The second kappa shape index (κ2) is 7.40. The van der Waals surface area contributed by atoms with Gasteiger partial charge in [-0.05, 0) is 13.3 Å². The number of halogens is 1. The average Bonchev–Trinajstić information content (AvgIpc) is 2.22. The van der Waals surface area contributed by atoms with Crippen molar-refractivity contribution < 1.29 is 13.2 Å². The van der Waals surface area contributed by atoms with Crippen molar-refractivity contribution in [2.75, 3.05) is 33.1 Å². The Balaban J connectivity index is 4.05. The van der Waals surface area contributed by atoms with Crippen LogP contribution in [0.5, 0.6) is 0 Å². The van der Waals surface area contributed by atoms with E-state index in [1.807, 2.05) is 0 Å². The molecular weight excluding hydrogens is 240 g/mol.